The van der Waals surface area contributed by atoms with Crippen LogP contribution in [0.5, 0.6) is 0 Å². The van der Waals surface area contributed by atoms with E-state index in [0.717, 1.165) is 13.3 Å². The molecule has 1 amide bonds. The van der Waals surface area contributed by atoms with E-state index in [1.165, 1.54) is 0 Å². The number of hydrogen-bond donors (Lipinski definition) is 2. The Hall–Kier alpha value is -2.58. The summed E-state index contributed by atoms with van der Waals surface area (Å²) in [5.74, 6) is -2.55. The van der Waals surface area contributed by atoms with Crippen LogP contribution in [-0.4, -0.2) is 51.5 Å². The van der Waals surface area contributed by atoms with Crippen LogP contribution in [0.15, 0.2) is 6.33 Å². The van der Waals surface area contributed by atoms with E-state index in [2.05, 4.69) is 10.3 Å². The number of hydrogen-bond acceptors (Lipinski definition) is 7. The van der Waals surface area contributed by atoms with Crippen molar-refractivity contribution in [1.29, 1.82) is 0 Å². The van der Waals surface area contributed by atoms with E-state index in [1.54, 1.807) is 20.8 Å². The van der Waals surface area contributed by atoms with Crippen molar-refractivity contribution in [3.8, 4) is 0 Å². The minimum Gasteiger partial charge on any atom is -0.464 e. The van der Waals surface area contributed by atoms with Gasteiger partial charge in [0.25, 0.3) is 0 Å². The lowest BCUT2D eigenvalue weighted by Gasteiger charge is -2.29. The molecule has 0 aromatic carbocycles. The molecule has 1 aromatic rings. The summed E-state index contributed by atoms with van der Waals surface area (Å²) >= 11 is 0. The second-order valence-electron chi connectivity index (χ2n) is 4.83. The summed E-state index contributed by atoms with van der Waals surface area (Å²) in [5.41, 5.74) is -1.51. The number of nitrogens with one attached hydrogen (secondary N) is 1. The van der Waals surface area contributed by atoms with Crippen LogP contribution >= 0.6 is 0 Å². The fourth-order valence-corrected chi connectivity index (χ4v) is 2.09. The van der Waals surface area contributed by atoms with Crippen LogP contribution in [0, 0.1) is 6.92 Å². The lowest BCUT2D eigenvalue weighted by molar-refractivity contribution is -0.168. The summed E-state index contributed by atoms with van der Waals surface area (Å²) in [6.07, 6.45) is 0.770. The molecule has 1 aromatic heterocycles. The highest BCUT2D eigenvalue weighted by atomic mass is 16.6. The molecule has 0 bridgehead atoms. The van der Waals surface area contributed by atoms with E-state index in [-0.39, 0.29) is 25.3 Å². The Morgan fingerprint density at radius 1 is 1.26 bits per heavy atom. The van der Waals surface area contributed by atoms with Crippen LogP contribution < -0.4 is 5.32 Å². The molecule has 0 unspecified atom stereocenters. The number of esters is 2. The summed E-state index contributed by atoms with van der Waals surface area (Å²) in [5, 5.41) is 12.1. The van der Waals surface area contributed by atoms with Crippen LogP contribution in [0.1, 0.15) is 32.2 Å². The summed E-state index contributed by atoms with van der Waals surface area (Å²) in [6.45, 7) is 5.92. The molecular weight excluding hydrogens is 306 g/mol. The highest BCUT2D eigenvalue weighted by Gasteiger charge is 2.51. The minimum absolute atomic E-state index is 0.0109. The summed E-state index contributed by atoms with van der Waals surface area (Å²) in [4.78, 5) is 40.3. The van der Waals surface area contributed by atoms with Crippen molar-refractivity contribution < 1.29 is 29.1 Å². The third-order valence-electron chi connectivity index (χ3n) is 3.12. The number of imidazole rings is 1. The Morgan fingerprint density at radius 2 is 1.78 bits per heavy atom. The van der Waals surface area contributed by atoms with Crippen molar-refractivity contribution in [3.63, 3.8) is 0 Å². The van der Waals surface area contributed by atoms with Gasteiger partial charge in [0, 0.05) is 13.3 Å². The number of aromatic nitrogens is 2. The zero-order chi connectivity index (χ0) is 17.6. The third kappa shape index (κ3) is 3.99. The first-order valence-electron chi connectivity index (χ1n) is 7.13. The maximum absolute atomic E-state index is 12.4. The maximum Gasteiger partial charge on any atom is 0.344 e. The molecule has 0 saturated carbocycles. The van der Waals surface area contributed by atoms with Gasteiger partial charge < -0.3 is 20.0 Å². The number of aryl methyl sites for hydroxylation is 1. The average molecular weight is 327 g/mol. The predicted octanol–water partition coefficient (Wildman–Crippen LogP) is -0.0276. The minimum atomic E-state index is -2.09. The van der Waals surface area contributed by atoms with E-state index in [1.807, 2.05) is 0 Å². The smallest absolute Gasteiger partial charge is 0.344 e. The Bertz CT molecular complexity index is 558. The van der Waals surface area contributed by atoms with E-state index < -0.39 is 23.4 Å². The van der Waals surface area contributed by atoms with Crippen molar-refractivity contribution in [2.45, 2.75) is 39.7 Å². The van der Waals surface area contributed by atoms with E-state index >= 15 is 0 Å². The fraction of sp³-hybridized carbons (Fsp3) is 0.571. The van der Waals surface area contributed by atoms with Gasteiger partial charge in [-0.1, -0.05) is 0 Å². The van der Waals surface area contributed by atoms with Gasteiger partial charge in [0.2, 0.25) is 11.4 Å². The second-order valence-corrected chi connectivity index (χ2v) is 4.83. The number of nitrogens with zero attached hydrogens (tertiary/aromatic N) is 2. The van der Waals surface area contributed by atoms with Gasteiger partial charge in [-0.15, -0.1) is 0 Å². The van der Waals surface area contributed by atoms with Gasteiger partial charge in [0.1, 0.15) is 6.33 Å². The Kier molecular flexibility index (Phi) is 6.11. The Morgan fingerprint density at radius 3 is 2.13 bits per heavy atom. The van der Waals surface area contributed by atoms with Crippen LogP contribution in [0.4, 0.5) is 0 Å². The molecule has 0 aliphatic heterocycles. The van der Waals surface area contributed by atoms with Gasteiger partial charge in [0.05, 0.1) is 24.6 Å². The number of carbonyl (C=O) groups excluding carboxylic acids is 3. The first-order valence-corrected chi connectivity index (χ1v) is 7.13. The molecule has 2 N–H and O–H groups in total. The highest BCUT2D eigenvalue weighted by molar-refractivity contribution is 6.08. The van der Waals surface area contributed by atoms with Crippen LogP contribution in [0.25, 0.3) is 0 Å². The van der Waals surface area contributed by atoms with Crippen molar-refractivity contribution in [3.05, 3.63) is 17.7 Å². The van der Waals surface area contributed by atoms with Crippen LogP contribution in [0.3, 0.4) is 0 Å². The SMILES string of the molecule is CCOC(=O)C(Cc1c(C)ncn1O)(NC(C)=O)C(=O)OCC. The molecule has 23 heavy (non-hydrogen) atoms. The monoisotopic (exact) mass is 327 g/mol. The normalized spacial score (nSPS) is 11.0. The number of ether oxygens (including phenoxy) is 2. The standard InChI is InChI=1S/C14H21N3O6/c1-5-22-12(19)14(16-10(4)18,13(20)23-6-2)7-11-9(3)15-8-17(11)21/h8,21H,5-7H2,1-4H3,(H,16,18). The molecule has 0 saturated heterocycles. The van der Waals surface area contributed by atoms with E-state index in [4.69, 9.17) is 9.47 Å². The van der Waals surface area contributed by atoms with Gasteiger partial charge >= 0.3 is 11.9 Å². The van der Waals surface area contributed by atoms with Gasteiger partial charge in [0.15, 0.2) is 0 Å². The van der Waals surface area contributed by atoms with Crippen molar-refractivity contribution in [1.82, 2.24) is 15.0 Å². The Balaban J connectivity index is 3.38. The van der Waals surface area contributed by atoms with Gasteiger partial charge in [-0.25, -0.2) is 14.6 Å². The molecule has 9 heteroatoms. The quantitative estimate of drug-likeness (QED) is 0.410. The van der Waals surface area contributed by atoms with Crippen LogP contribution in [-0.2, 0) is 30.3 Å². The number of carbonyl (C=O) groups is 3. The third-order valence-corrected chi connectivity index (χ3v) is 3.12. The van der Waals surface area contributed by atoms with Gasteiger partial charge in [-0.3, -0.25) is 4.79 Å². The fourth-order valence-electron chi connectivity index (χ4n) is 2.09. The first kappa shape index (κ1) is 18.5. The molecule has 9 nitrogen and oxygen atoms in total. The Labute approximate surface area is 133 Å². The molecule has 128 valence electrons. The molecule has 1 rings (SSSR count). The molecule has 0 aliphatic carbocycles. The first-order chi connectivity index (χ1) is 10.8. The van der Waals surface area contributed by atoms with Crippen molar-refractivity contribution in [2.75, 3.05) is 13.2 Å². The second kappa shape index (κ2) is 7.61. The van der Waals surface area contributed by atoms with Gasteiger partial charge in [-0.05, 0) is 20.8 Å². The zero-order valence-corrected chi connectivity index (χ0v) is 13.6. The van der Waals surface area contributed by atoms with E-state index in [9.17, 15) is 19.6 Å². The lowest BCUT2D eigenvalue weighted by atomic mass is 9.92. The largest absolute Gasteiger partial charge is 0.464 e. The molecule has 1 heterocycles. The van der Waals surface area contributed by atoms with Gasteiger partial charge in [-0.2, -0.15) is 4.73 Å². The molecule has 0 aliphatic rings. The summed E-state index contributed by atoms with van der Waals surface area (Å²) in [7, 11) is 0. The summed E-state index contributed by atoms with van der Waals surface area (Å²) < 4.78 is 10.6. The molecule has 0 radical (unpaired) electrons. The van der Waals surface area contributed by atoms with E-state index in [0.29, 0.717) is 10.4 Å². The van der Waals surface area contributed by atoms with Crippen molar-refractivity contribution in [2.24, 2.45) is 0 Å². The molecule has 0 spiro atoms. The molecular formula is C14H21N3O6. The highest BCUT2D eigenvalue weighted by Crippen LogP contribution is 2.20. The number of amides is 1. The predicted molar refractivity (Wildman–Crippen MR) is 77.7 cm³/mol. The molecule has 0 fully saturated rings. The molecule has 0 atom stereocenters. The topological polar surface area (TPSA) is 120 Å². The average Bonchev–Trinajstić information content (AvgIpc) is 2.78. The van der Waals surface area contributed by atoms with Crippen molar-refractivity contribution >= 4 is 17.8 Å². The zero-order valence-electron chi connectivity index (χ0n) is 13.6. The summed E-state index contributed by atoms with van der Waals surface area (Å²) in [6, 6.07) is 0. The lowest BCUT2D eigenvalue weighted by Crippen LogP contribution is -2.62. The number of rotatable bonds is 7. The van der Waals surface area contributed by atoms with Crippen LogP contribution in [0.2, 0.25) is 0 Å². The maximum atomic E-state index is 12.4.